The number of fused-ring (bicyclic) bond motifs is 3. The van der Waals surface area contributed by atoms with E-state index in [1.165, 1.54) is 45.6 Å². The summed E-state index contributed by atoms with van der Waals surface area (Å²) in [6.45, 7) is 7.30. The van der Waals surface area contributed by atoms with Gasteiger partial charge in [-0.25, -0.2) is 0 Å². The Bertz CT molecular complexity index is 2730. The predicted molar refractivity (Wildman–Crippen MR) is 301 cm³/mol. The number of allylic oxidation sites excluding steroid dienone is 1. The van der Waals surface area contributed by atoms with Crippen LogP contribution in [0.25, 0.3) is 10.8 Å². The first-order valence-electron chi connectivity index (χ1n) is 28.2. The highest BCUT2D eigenvalue weighted by atomic mass is 16.7. The molecule has 1 fully saturated rings. The number of benzene rings is 5. The van der Waals surface area contributed by atoms with E-state index in [9.17, 15) is 15.0 Å². The Morgan fingerprint density at radius 2 is 1.53 bits per heavy atom. The van der Waals surface area contributed by atoms with Crippen LogP contribution in [-0.4, -0.2) is 71.8 Å². The van der Waals surface area contributed by atoms with Crippen molar-refractivity contribution in [1.82, 2.24) is 4.90 Å². The number of methoxy groups -OCH3 is 1. The summed E-state index contributed by atoms with van der Waals surface area (Å²) < 4.78 is 27.0. The van der Waals surface area contributed by atoms with E-state index in [1.807, 2.05) is 53.4 Å². The van der Waals surface area contributed by atoms with Gasteiger partial charge in [0.2, 0.25) is 11.7 Å². The molecule has 1 saturated carbocycles. The van der Waals surface area contributed by atoms with Gasteiger partial charge in [0.15, 0.2) is 6.29 Å². The minimum atomic E-state index is -1.43. The molecule has 2 aliphatic carbocycles. The zero-order valence-corrected chi connectivity index (χ0v) is 44.9. The van der Waals surface area contributed by atoms with Gasteiger partial charge in [-0.05, 0) is 108 Å². The summed E-state index contributed by atoms with van der Waals surface area (Å²) in [5, 5.41) is 27.6. The second-order valence-corrected chi connectivity index (χ2v) is 20.9. The summed E-state index contributed by atoms with van der Waals surface area (Å²) in [6, 6.07) is 35.1. The monoisotopic (exact) mass is 1030 g/mol. The van der Waals surface area contributed by atoms with Crippen LogP contribution in [0.5, 0.6) is 23.0 Å². The lowest BCUT2D eigenvalue weighted by atomic mass is 9.55. The number of amides is 1. The highest BCUT2D eigenvalue weighted by molar-refractivity contribution is 6.03. The molecule has 0 saturated heterocycles. The van der Waals surface area contributed by atoms with E-state index in [-0.39, 0.29) is 50.1 Å². The maximum Gasteiger partial charge on any atom is 0.239 e. The number of carbonyl (C=O) groups is 2. The Kier molecular flexibility index (Phi) is 20.8. The van der Waals surface area contributed by atoms with E-state index in [2.05, 4.69) is 62.0 Å². The molecule has 404 valence electrons. The van der Waals surface area contributed by atoms with Crippen LogP contribution in [0.1, 0.15) is 149 Å². The molecule has 1 aliphatic heterocycles. The lowest BCUT2D eigenvalue weighted by molar-refractivity contribution is -0.258. The van der Waals surface area contributed by atoms with Crippen LogP contribution in [0, 0.1) is 17.8 Å². The molecule has 5 aromatic carbocycles. The molecule has 1 heterocycles. The van der Waals surface area contributed by atoms with Crippen LogP contribution in [-0.2, 0) is 27.5 Å². The predicted octanol–water partition coefficient (Wildman–Crippen LogP) is 14.2. The summed E-state index contributed by atoms with van der Waals surface area (Å²) in [5.74, 6) is 0.0172. The number of aldehydes is 1. The maximum atomic E-state index is 15.6. The highest BCUT2D eigenvalue weighted by Crippen LogP contribution is 2.62. The van der Waals surface area contributed by atoms with Gasteiger partial charge in [-0.3, -0.25) is 9.59 Å². The fourth-order valence-electron chi connectivity index (χ4n) is 12.2. The van der Waals surface area contributed by atoms with Crippen LogP contribution >= 0.6 is 0 Å². The summed E-state index contributed by atoms with van der Waals surface area (Å²) in [6.07, 6.45) is 20.3. The van der Waals surface area contributed by atoms with E-state index < -0.39 is 17.7 Å². The Hall–Kier alpha value is -6.27. The minimum Gasteiger partial charge on any atom is -0.496 e. The number of rotatable bonds is 31. The third-order valence-electron chi connectivity index (χ3n) is 15.9. The van der Waals surface area contributed by atoms with Crippen LogP contribution in [0.2, 0.25) is 0 Å². The second kappa shape index (κ2) is 28.2. The third-order valence-corrected chi connectivity index (χ3v) is 15.9. The molecule has 0 radical (unpaired) electrons. The summed E-state index contributed by atoms with van der Waals surface area (Å²) in [5.41, 5.74) is 5.02. The van der Waals surface area contributed by atoms with Crippen molar-refractivity contribution in [1.29, 1.82) is 0 Å². The Balaban J connectivity index is 1.30. The molecule has 6 unspecified atom stereocenters. The first kappa shape index (κ1) is 55.9. The van der Waals surface area contributed by atoms with Crippen LogP contribution in [0.4, 0.5) is 0 Å². The molecule has 2 N–H and O–H groups in total. The Morgan fingerprint density at radius 1 is 0.816 bits per heavy atom. The molecule has 1 amide bonds. The number of unbranched alkanes of at least 4 members (excludes halogenated alkanes) is 10. The Morgan fingerprint density at radius 3 is 2.28 bits per heavy atom. The second-order valence-electron chi connectivity index (χ2n) is 20.9. The van der Waals surface area contributed by atoms with Gasteiger partial charge >= 0.3 is 0 Å². The number of aliphatic hydroxyl groups is 2. The molecule has 11 nitrogen and oxygen atoms in total. The molecule has 76 heavy (non-hydrogen) atoms. The van der Waals surface area contributed by atoms with Crippen LogP contribution in [0.3, 0.4) is 0 Å². The number of aliphatic hydroxyl groups excluding tert-OH is 2. The number of hydrogen-bond donors (Lipinski definition) is 2. The summed E-state index contributed by atoms with van der Waals surface area (Å²) >= 11 is 0. The molecule has 0 bridgehead atoms. The Labute approximate surface area is 450 Å². The standard InChI is InChI=1S/C65H80N2O9/c1-4-6-7-8-9-10-11-12-16-32-62(71)67(44-50-29-23-28-48-26-17-18-30-54(48)50)61-43-58(66-74-46-47-24-14-13-15-25-47)56-41-49(27-19-21-37-68)55(31-20-22-38-69)63-57-42-53(75-52-33-35-59(72-3)51(40-52)45-70)34-36-60(57)76-65(61,64(56)63)73-39-5-2/h5,13-15,17-18,23-26,28-30,33-36,40-42,45,49,55,61,63-64,68-69H,2,4,6-12,16,19-22,27,31-32,37-39,43-44,46H2,1,3H3. The SMILES string of the molecule is C=CCOC12Oc3ccc(Oc4ccc(OC)c(C=O)c4)cc3C3C(CCCCO)C(CCCCO)C=C(C(=NOCc4ccccc4)CC1N(Cc1cccc4ccccc14)C(=O)CCCCCCCCCCC)C32. The molecule has 0 spiro atoms. The van der Waals surface area contributed by atoms with Gasteiger partial charge in [0.25, 0.3) is 0 Å². The number of hydrogen-bond acceptors (Lipinski definition) is 10. The molecule has 3 aliphatic rings. The third kappa shape index (κ3) is 13.5. The fraction of sp³-hybridized carbons (Fsp3) is 0.462. The van der Waals surface area contributed by atoms with Gasteiger partial charge in [-0.2, -0.15) is 0 Å². The molecule has 0 aromatic heterocycles. The molecule has 8 rings (SSSR count). The summed E-state index contributed by atoms with van der Waals surface area (Å²) in [7, 11) is 1.53. The van der Waals surface area contributed by atoms with E-state index in [0.29, 0.717) is 60.8 Å². The van der Waals surface area contributed by atoms with Crippen molar-refractivity contribution in [2.24, 2.45) is 22.9 Å². The van der Waals surface area contributed by atoms with Crippen molar-refractivity contribution in [3.05, 3.63) is 156 Å². The van der Waals surface area contributed by atoms with Crippen LogP contribution < -0.4 is 14.2 Å². The van der Waals surface area contributed by atoms with Gasteiger partial charge in [-0.15, -0.1) is 6.58 Å². The van der Waals surface area contributed by atoms with E-state index >= 15 is 4.79 Å². The van der Waals surface area contributed by atoms with Crippen molar-refractivity contribution in [2.45, 2.75) is 147 Å². The largest absolute Gasteiger partial charge is 0.496 e. The van der Waals surface area contributed by atoms with Crippen LogP contribution in [0.15, 0.2) is 139 Å². The van der Waals surface area contributed by atoms with Crippen molar-refractivity contribution < 1.29 is 43.6 Å². The van der Waals surface area contributed by atoms with E-state index in [0.717, 1.165) is 90.0 Å². The quantitative estimate of drug-likeness (QED) is 0.0192. The molecular formula is C65H80N2O9. The number of oxime groups is 1. The minimum absolute atomic E-state index is 0.0145. The van der Waals surface area contributed by atoms with Gasteiger partial charge in [-0.1, -0.05) is 161 Å². The lowest BCUT2D eigenvalue weighted by Gasteiger charge is -2.60. The smallest absolute Gasteiger partial charge is 0.239 e. The van der Waals surface area contributed by atoms with Gasteiger partial charge < -0.3 is 38.9 Å². The number of carbonyl (C=O) groups excluding carboxylic acids is 2. The fourth-order valence-corrected chi connectivity index (χ4v) is 12.2. The molecule has 5 aromatic rings. The number of nitrogens with zero attached hydrogens (tertiary/aromatic N) is 2. The first-order valence-corrected chi connectivity index (χ1v) is 28.2. The topological polar surface area (TPSA) is 136 Å². The first-order chi connectivity index (χ1) is 37.4. The normalized spacial score (nSPS) is 21.0. The maximum absolute atomic E-state index is 15.6. The molecule has 6 atom stereocenters. The van der Waals surface area contributed by atoms with E-state index in [1.54, 1.807) is 24.3 Å². The lowest BCUT2D eigenvalue weighted by Crippen LogP contribution is -2.70. The average Bonchev–Trinajstić information content (AvgIpc) is 3.55. The molecule has 11 heteroatoms. The number of ether oxygens (including phenoxy) is 4. The van der Waals surface area contributed by atoms with Crippen molar-refractivity contribution in [3.63, 3.8) is 0 Å². The zero-order chi connectivity index (χ0) is 53.1. The zero-order valence-electron chi connectivity index (χ0n) is 44.9. The van der Waals surface area contributed by atoms with Crippen molar-refractivity contribution in [2.75, 3.05) is 26.9 Å². The van der Waals surface area contributed by atoms with Gasteiger partial charge in [0, 0.05) is 44.1 Å². The van der Waals surface area contributed by atoms with E-state index in [4.69, 9.17) is 28.9 Å². The van der Waals surface area contributed by atoms with Gasteiger partial charge in [0.05, 0.1) is 30.9 Å². The highest BCUT2D eigenvalue weighted by Gasteiger charge is 2.65. The average molecular weight is 1030 g/mol. The van der Waals surface area contributed by atoms with Gasteiger partial charge in [0.1, 0.15) is 35.6 Å². The molecular weight excluding hydrogens is 953 g/mol. The summed E-state index contributed by atoms with van der Waals surface area (Å²) in [4.78, 5) is 36.2. The van der Waals surface area contributed by atoms with Crippen molar-refractivity contribution in [3.8, 4) is 23.0 Å². The van der Waals surface area contributed by atoms with Crippen molar-refractivity contribution >= 4 is 28.7 Å².